The number of benzene rings is 1. The highest BCUT2D eigenvalue weighted by Crippen LogP contribution is 2.23. The zero-order valence-electron chi connectivity index (χ0n) is 14.8. The van der Waals surface area contributed by atoms with Crippen LogP contribution < -0.4 is 4.74 Å². The van der Waals surface area contributed by atoms with Crippen molar-refractivity contribution in [1.82, 2.24) is 19.5 Å². The van der Waals surface area contributed by atoms with E-state index in [1.807, 2.05) is 47.1 Å². The molecule has 4 rings (SSSR count). The van der Waals surface area contributed by atoms with Gasteiger partial charge < -0.3 is 9.64 Å². The average Bonchev–Trinajstić information content (AvgIpc) is 3.06. The van der Waals surface area contributed by atoms with Crippen LogP contribution in [0.4, 0.5) is 0 Å². The van der Waals surface area contributed by atoms with Crippen molar-refractivity contribution in [3.63, 3.8) is 0 Å². The largest absolute Gasteiger partial charge is 0.472 e. The number of piperidine rings is 1. The molecule has 0 spiro atoms. The Morgan fingerprint density at radius 2 is 2.08 bits per heavy atom. The molecule has 1 unspecified atom stereocenters. The second-order valence-corrected chi connectivity index (χ2v) is 6.76. The van der Waals surface area contributed by atoms with Crippen molar-refractivity contribution in [2.24, 2.45) is 0 Å². The SMILES string of the molecule is CN1CCCC(Oc2ccc3ncc(-c4ccc(CC#N)cc4)n3n2)C1. The number of likely N-dealkylation sites (tertiary alicyclic amines) is 1. The summed E-state index contributed by atoms with van der Waals surface area (Å²) in [4.78, 5) is 6.73. The number of hydrogen-bond acceptors (Lipinski definition) is 5. The summed E-state index contributed by atoms with van der Waals surface area (Å²) in [5.74, 6) is 0.623. The van der Waals surface area contributed by atoms with Gasteiger partial charge in [0.05, 0.1) is 24.4 Å². The summed E-state index contributed by atoms with van der Waals surface area (Å²) in [7, 11) is 2.12. The van der Waals surface area contributed by atoms with Crippen molar-refractivity contribution >= 4 is 5.65 Å². The molecule has 1 atom stereocenters. The third-order valence-corrected chi connectivity index (χ3v) is 4.74. The zero-order valence-corrected chi connectivity index (χ0v) is 14.8. The maximum atomic E-state index is 8.80. The number of imidazole rings is 1. The van der Waals surface area contributed by atoms with Gasteiger partial charge in [-0.3, -0.25) is 0 Å². The number of ether oxygens (including phenoxy) is 1. The highest BCUT2D eigenvalue weighted by Gasteiger charge is 2.19. The first kappa shape index (κ1) is 16.6. The molecule has 132 valence electrons. The van der Waals surface area contributed by atoms with Gasteiger partial charge in [-0.15, -0.1) is 5.10 Å². The maximum absolute atomic E-state index is 8.80. The lowest BCUT2D eigenvalue weighted by atomic mass is 10.1. The van der Waals surface area contributed by atoms with Gasteiger partial charge in [0, 0.05) is 18.2 Å². The fraction of sp³-hybridized carbons (Fsp3) is 0.350. The number of fused-ring (bicyclic) bond motifs is 1. The van der Waals surface area contributed by atoms with Gasteiger partial charge >= 0.3 is 0 Å². The van der Waals surface area contributed by atoms with Crippen LogP contribution in [-0.2, 0) is 6.42 Å². The van der Waals surface area contributed by atoms with Gasteiger partial charge in [-0.2, -0.15) is 5.26 Å². The van der Waals surface area contributed by atoms with E-state index in [1.165, 1.54) is 0 Å². The van der Waals surface area contributed by atoms with Gasteiger partial charge in [-0.25, -0.2) is 9.50 Å². The van der Waals surface area contributed by atoms with Crippen LogP contribution in [0.15, 0.2) is 42.6 Å². The lowest BCUT2D eigenvalue weighted by Gasteiger charge is -2.29. The zero-order chi connectivity index (χ0) is 17.9. The average molecular weight is 347 g/mol. The minimum Gasteiger partial charge on any atom is -0.472 e. The number of nitriles is 1. The molecule has 1 aliphatic heterocycles. The summed E-state index contributed by atoms with van der Waals surface area (Å²) >= 11 is 0. The highest BCUT2D eigenvalue weighted by atomic mass is 16.5. The summed E-state index contributed by atoms with van der Waals surface area (Å²) in [6.45, 7) is 2.05. The minimum absolute atomic E-state index is 0.177. The Bertz CT molecular complexity index is 941. The first-order valence-electron chi connectivity index (χ1n) is 8.89. The van der Waals surface area contributed by atoms with Gasteiger partial charge in [-0.05, 0) is 38.1 Å². The van der Waals surface area contributed by atoms with E-state index in [0.29, 0.717) is 12.3 Å². The predicted molar refractivity (Wildman–Crippen MR) is 98.9 cm³/mol. The Labute approximate surface area is 152 Å². The molecule has 0 saturated carbocycles. The molecule has 1 saturated heterocycles. The number of nitrogens with zero attached hydrogens (tertiary/aromatic N) is 5. The van der Waals surface area contributed by atoms with Crippen molar-refractivity contribution in [2.75, 3.05) is 20.1 Å². The van der Waals surface area contributed by atoms with Crippen LogP contribution in [0.25, 0.3) is 16.9 Å². The molecule has 6 nitrogen and oxygen atoms in total. The van der Waals surface area contributed by atoms with E-state index in [1.54, 1.807) is 0 Å². The van der Waals surface area contributed by atoms with Crippen LogP contribution in [-0.4, -0.2) is 45.7 Å². The molecule has 0 radical (unpaired) electrons. The van der Waals surface area contributed by atoms with E-state index in [9.17, 15) is 0 Å². The third-order valence-electron chi connectivity index (χ3n) is 4.74. The fourth-order valence-corrected chi connectivity index (χ4v) is 3.39. The Kier molecular flexibility index (Phi) is 4.55. The number of aromatic nitrogens is 3. The molecule has 1 fully saturated rings. The molecular formula is C20H21N5O. The van der Waals surface area contributed by atoms with Crippen molar-refractivity contribution in [3.05, 3.63) is 48.2 Å². The predicted octanol–water partition coefficient (Wildman–Crippen LogP) is 2.94. The van der Waals surface area contributed by atoms with E-state index in [0.717, 1.165) is 48.4 Å². The minimum atomic E-state index is 0.177. The van der Waals surface area contributed by atoms with E-state index in [4.69, 9.17) is 10.00 Å². The molecule has 6 heteroatoms. The van der Waals surface area contributed by atoms with Gasteiger partial charge in [0.25, 0.3) is 0 Å². The molecule has 1 aromatic carbocycles. The molecule has 0 aliphatic carbocycles. The van der Waals surface area contributed by atoms with Gasteiger partial charge in [0.2, 0.25) is 5.88 Å². The summed E-state index contributed by atoms with van der Waals surface area (Å²) < 4.78 is 7.93. The summed E-state index contributed by atoms with van der Waals surface area (Å²) in [6, 6.07) is 13.9. The summed E-state index contributed by atoms with van der Waals surface area (Å²) in [5.41, 5.74) is 3.72. The Balaban J connectivity index is 1.61. The fourth-order valence-electron chi connectivity index (χ4n) is 3.39. The number of rotatable bonds is 4. The molecule has 2 aromatic heterocycles. The van der Waals surface area contributed by atoms with Gasteiger partial charge in [0.1, 0.15) is 6.10 Å². The van der Waals surface area contributed by atoms with E-state index in [2.05, 4.69) is 28.1 Å². The standard InChI is InChI=1S/C20H21N5O/c1-24-12-2-3-17(14-24)26-20-9-8-19-22-13-18(25(19)23-20)16-6-4-15(5-7-16)10-11-21/h4-9,13,17H,2-3,10,12,14H2,1H3. The smallest absolute Gasteiger partial charge is 0.232 e. The van der Waals surface area contributed by atoms with Crippen molar-refractivity contribution in [3.8, 4) is 23.2 Å². The Morgan fingerprint density at radius 3 is 2.85 bits per heavy atom. The Morgan fingerprint density at radius 1 is 1.23 bits per heavy atom. The highest BCUT2D eigenvalue weighted by molar-refractivity contribution is 5.63. The summed E-state index contributed by atoms with van der Waals surface area (Å²) in [5, 5.41) is 13.5. The van der Waals surface area contributed by atoms with Crippen LogP contribution in [0.5, 0.6) is 5.88 Å². The van der Waals surface area contributed by atoms with Crippen LogP contribution in [0.1, 0.15) is 18.4 Å². The third kappa shape index (κ3) is 3.39. The number of likely N-dealkylation sites (N-methyl/N-ethyl adjacent to an activating group) is 1. The monoisotopic (exact) mass is 347 g/mol. The lowest BCUT2D eigenvalue weighted by Crippen LogP contribution is -2.38. The quantitative estimate of drug-likeness (QED) is 0.726. The van der Waals surface area contributed by atoms with Crippen LogP contribution in [0, 0.1) is 11.3 Å². The second-order valence-electron chi connectivity index (χ2n) is 6.76. The molecular weight excluding hydrogens is 326 g/mol. The van der Waals surface area contributed by atoms with Crippen molar-refractivity contribution in [1.29, 1.82) is 5.26 Å². The van der Waals surface area contributed by atoms with Crippen molar-refractivity contribution < 1.29 is 4.74 Å². The summed E-state index contributed by atoms with van der Waals surface area (Å²) in [6.07, 6.45) is 4.62. The van der Waals surface area contributed by atoms with Crippen LogP contribution in [0.3, 0.4) is 0 Å². The molecule has 3 aromatic rings. The topological polar surface area (TPSA) is 66.5 Å². The molecule has 0 amide bonds. The van der Waals surface area contributed by atoms with Crippen LogP contribution >= 0.6 is 0 Å². The molecule has 26 heavy (non-hydrogen) atoms. The van der Waals surface area contributed by atoms with Gasteiger partial charge in [0.15, 0.2) is 5.65 Å². The van der Waals surface area contributed by atoms with E-state index < -0.39 is 0 Å². The Hall–Kier alpha value is -2.91. The molecule has 1 aliphatic rings. The second kappa shape index (κ2) is 7.14. The lowest BCUT2D eigenvalue weighted by molar-refractivity contribution is 0.0988. The van der Waals surface area contributed by atoms with E-state index >= 15 is 0 Å². The van der Waals surface area contributed by atoms with Crippen molar-refractivity contribution in [2.45, 2.75) is 25.4 Å². The molecule has 0 bridgehead atoms. The normalized spacial score (nSPS) is 17.9. The molecule has 0 N–H and O–H groups in total. The maximum Gasteiger partial charge on any atom is 0.232 e. The first-order chi connectivity index (χ1) is 12.7. The van der Waals surface area contributed by atoms with Gasteiger partial charge in [-0.1, -0.05) is 24.3 Å². The first-order valence-corrected chi connectivity index (χ1v) is 8.89. The number of hydrogen-bond donors (Lipinski definition) is 0. The van der Waals surface area contributed by atoms with E-state index in [-0.39, 0.29) is 6.10 Å². The van der Waals surface area contributed by atoms with Crippen LogP contribution in [0.2, 0.25) is 0 Å². The molecule has 3 heterocycles.